The number of carbonyl (C=O) groups excluding carboxylic acids is 1. The van der Waals surface area contributed by atoms with Crippen LogP contribution in [0.3, 0.4) is 0 Å². The van der Waals surface area contributed by atoms with Gasteiger partial charge in [-0.1, -0.05) is 48.5 Å². The van der Waals surface area contributed by atoms with Crippen LogP contribution in [0.1, 0.15) is 18.1 Å². The van der Waals surface area contributed by atoms with Crippen LogP contribution in [0.5, 0.6) is 5.75 Å². The van der Waals surface area contributed by atoms with E-state index in [9.17, 15) is 4.79 Å². The zero-order valence-corrected chi connectivity index (χ0v) is 13.3. The van der Waals surface area contributed by atoms with E-state index in [4.69, 9.17) is 4.74 Å². The Bertz CT molecular complexity index is 689. The maximum atomic E-state index is 11.9. The molecule has 0 radical (unpaired) electrons. The Morgan fingerprint density at radius 2 is 1.83 bits per heavy atom. The van der Waals surface area contributed by atoms with E-state index in [-0.39, 0.29) is 12.3 Å². The van der Waals surface area contributed by atoms with Crippen molar-refractivity contribution in [2.45, 2.75) is 13.3 Å². The van der Waals surface area contributed by atoms with Gasteiger partial charge in [0.05, 0.1) is 19.2 Å². The molecular formula is C19H20N2O2. The molecule has 4 nitrogen and oxygen atoms in total. The second kappa shape index (κ2) is 8.54. The Morgan fingerprint density at radius 3 is 2.48 bits per heavy atom. The normalized spacial score (nSPS) is 11.5. The lowest BCUT2D eigenvalue weighted by atomic mass is 10.1. The number of hydrazone groups is 1. The van der Waals surface area contributed by atoms with Gasteiger partial charge in [-0.3, -0.25) is 4.79 Å². The molecule has 0 aliphatic rings. The minimum absolute atomic E-state index is 0.150. The third-order valence-corrected chi connectivity index (χ3v) is 3.20. The van der Waals surface area contributed by atoms with Crippen molar-refractivity contribution >= 4 is 17.7 Å². The summed E-state index contributed by atoms with van der Waals surface area (Å²) < 4.78 is 5.09. The number of methoxy groups -OCH3 is 1. The van der Waals surface area contributed by atoms with Crippen molar-refractivity contribution in [1.29, 1.82) is 0 Å². The van der Waals surface area contributed by atoms with E-state index in [1.165, 1.54) is 0 Å². The Hall–Kier alpha value is -2.88. The zero-order chi connectivity index (χ0) is 16.5. The van der Waals surface area contributed by atoms with E-state index in [1.807, 2.05) is 73.7 Å². The summed E-state index contributed by atoms with van der Waals surface area (Å²) in [6, 6.07) is 17.3. The molecule has 23 heavy (non-hydrogen) atoms. The van der Waals surface area contributed by atoms with Crippen LogP contribution < -0.4 is 10.2 Å². The highest BCUT2D eigenvalue weighted by atomic mass is 16.5. The lowest BCUT2D eigenvalue weighted by Gasteiger charge is -2.03. The summed E-state index contributed by atoms with van der Waals surface area (Å²) in [5.41, 5.74) is 5.30. The van der Waals surface area contributed by atoms with E-state index in [0.29, 0.717) is 0 Å². The van der Waals surface area contributed by atoms with Crippen LogP contribution in [0.15, 0.2) is 65.8 Å². The van der Waals surface area contributed by atoms with Crippen molar-refractivity contribution in [3.63, 3.8) is 0 Å². The third-order valence-electron chi connectivity index (χ3n) is 3.20. The summed E-state index contributed by atoms with van der Waals surface area (Å²) in [6.07, 6.45) is 4.10. The summed E-state index contributed by atoms with van der Waals surface area (Å²) >= 11 is 0. The number of ether oxygens (including phenoxy) is 1. The molecule has 2 aromatic rings. The molecule has 4 heteroatoms. The SMILES string of the molecule is COc1ccc(CC(=O)N/N=C(C)\C=C\c2ccccc2)cc1. The Morgan fingerprint density at radius 1 is 1.13 bits per heavy atom. The lowest BCUT2D eigenvalue weighted by molar-refractivity contribution is -0.120. The minimum Gasteiger partial charge on any atom is -0.497 e. The first-order valence-corrected chi connectivity index (χ1v) is 7.36. The second-order valence-electron chi connectivity index (χ2n) is 5.06. The van der Waals surface area contributed by atoms with Crippen LogP contribution in [0.2, 0.25) is 0 Å². The number of nitrogens with zero attached hydrogens (tertiary/aromatic N) is 1. The van der Waals surface area contributed by atoms with E-state index < -0.39 is 0 Å². The molecule has 0 atom stereocenters. The third kappa shape index (κ3) is 5.79. The average molecular weight is 308 g/mol. The molecule has 1 N–H and O–H groups in total. The molecule has 0 aromatic heterocycles. The van der Waals surface area contributed by atoms with Crippen molar-refractivity contribution in [1.82, 2.24) is 5.43 Å². The molecule has 0 heterocycles. The Kier molecular flexibility index (Phi) is 6.12. The molecule has 2 aromatic carbocycles. The van der Waals surface area contributed by atoms with Gasteiger partial charge < -0.3 is 4.74 Å². The van der Waals surface area contributed by atoms with Crippen LogP contribution in [0, 0.1) is 0 Å². The molecule has 0 fully saturated rings. The van der Waals surface area contributed by atoms with Gasteiger partial charge in [0.25, 0.3) is 0 Å². The van der Waals surface area contributed by atoms with Crippen molar-refractivity contribution in [2.24, 2.45) is 5.10 Å². The summed E-state index contributed by atoms with van der Waals surface area (Å²) in [4.78, 5) is 11.9. The van der Waals surface area contributed by atoms with Gasteiger partial charge in [0.15, 0.2) is 0 Å². The van der Waals surface area contributed by atoms with Crippen molar-refractivity contribution in [2.75, 3.05) is 7.11 Å². The fourth-order valence-corrected chi connectivity index (χ4v) is 1.94. The van der Waals surface area contributed by atoms with Gasteiger partial charge in [-0.15, -0.1) is 0 Å². The van der Waals surface area contributed by atoms with Crippen molar-refractivity contribution in [3.8, 4) is 5.75 Å². The maximum Gasteiger partial charge on any atom is 0.244 e. The van der Waals surface area contributed by atoms with Gasteiger partial charge in [-0.25, -0.2) is 5.43 Å². The van der Waals surface area contributed by atoms with Gasteiger partial charge in [-0.05, 0) is 36.3 Å². The number of amides is 1. The van der Waals surface area contributed by atoms with Crippen LogP contribution in [-0.4, -0.2) is 18.7 Å². The van der Waals surface area contributed by atoms with E-state index in [2.05, 4.69) is 10.5 Å². The molecule has 0 spiro atoms. The summed E-state index contributed by atoms with van der Waals surface area (Å²) in [5, 5.41) is 4.07. The average Bonchev–Trinajstić information content (AvgIpc) is 2.60. The highest BCUT2D eigenvalue weighted by Crippen LogP contribution is 2.11. The lowest BCUT2D eigenvalue weighted by Crippen LogP contribution is -2.20. The van der Waals surface area contributed by atoms with Crippen LogP contribution in [0.4, 0.5) is 0 Å². The van der Waals surface area contributed by atoms with Gasteiger partial charge in [0.2, 0.25) is 5.91 Å². The number of hydrogen-bond donors (Lipinski definition) is 1. The van der Waals surface area contributed by atoms with Gasteiger partial charge in [0, 0.05) is 0 Å². The number of benzene rings is 2. The predicted molar refractivity (Wildman–Crippen MR) is 93.4 cm³/mol. The fourth-order valence-electron chi connectivity index (χ4n) is 1.94. The monoisotopic (exact) mass is 308 g/mol. The van der Waals surface area contributed by atoms with Crippen molar-refractivity contribution < 1.29 is 9.53 Å². The van der Waals surface area contributed by atoms with Gasteiger partial charge >= 0.3 is 0 Å². The van der Waals surface area contributed by atoms with E-state index >= 15 is 0 Å². The Balaban J connectivity index is 1.85. The first-order chi connectivity index (χ1) is 11.2. The molecule has 0 saturated heterocycles. The van der Waals surface area contributed by atoms with Gasteiger partial charge in [-0.2, -0.15) is 5.10 Å². The second-order valence-corrected chi connectivity index (χ2v) is 5.06. The first kappa shape index (κ1) is 16.5. The molecule has 0 bridgehead atoms. The molecule has 1 amide bonds. The van der Waals surface area contributed by atoms with E-state index in [1.54, 1.807) is 7.11 Å². The number of carbonyl (C=O) groups is 1. The smallest absolute Gasteiger partial charge is 0.244 e. The summed E-state index contributed by atoms with van der Waals surface area (Å²) in [6.45, 7) is 1.84. The summed E-state index contributed by atoms with van der Waals surface area (Å²) in [5.74, 6) is 0.622. The number of rotatable bonds is 6. The molecule has 0 saturated carbocycles. The number of allylic oxidation sites excluding steroid dienone is 1. The number of hydrogen-bond acceptors (Lipinski definition) is 3. The molecule has 0 aliphatic carbocycles. The van der Waals surface area contributed by atoms with Crippen LogP contribution in [0.25, 0.3) is 6.08 Å². The van der Waals surface area contributed by atoms with Crippen LogP contribution >= 0.6 is 0 Å². The summed E-state index contributed by atoms with van der Waals surface area (Å²) in [7, 11) is 1.61. The predicted octanol–water partition coefficient (Wildman–Crippen LogP) is 3.44. The fraction of sp³-hybridized carbons (Fsp3) is 0.158. The molecule has 118 valence electrons. The quantitative estimate of drug-likeness (QED) is 0.656. The molecular weight excluding hydrogens is 288 g/mol. The first-order valence-electron chi connectivity index (χ1n) is 7.36. The Labute approximate surface area is 136 Å². The largest absolute Gasteiger partial charge is 0.497 e. The highest BCUT2D eigenvalue weighted by molar-refractivity contribution is 5.97. The van der Waals surface area contributed by atoms with Crippen LogP contribution in [-0.2, 0) is 11.2 Å². The van der Waals surface area contributed by atoms with Crippen molar-refractivity contribution in [3.05, 3.63) is 71.8 Å². The zero-order valence-electron chi connectivity index (χ0n) is 13.3. The van der Waals surface area contributed by atoms with Gasteiger partial charge in [0.1, 0.15) is 5.75 Å². The standard InChI is InChI=1S/C19H20N2O2/c1-15(8-9-16-6-4-3-5-7-16)20-21-19(22)14-17-10-12-18(23-2)13-11-17/h3-13H,14H2,1-2H3,(H,21,22)/b9-8+,20-15-. The minimum atomic E-state index is -0.150. The topological polar surface area (TPSA) is 50.7 Å². The maximum absolute atomic E-state index is 11.9. The molecule has 0 aliphatic heterocycles. The van der Waals surface area contributed by atoms with E-state index in [0.717, 1.165) is 22.6 Å². The molecule has 2 rings (SSSR count). The highest BCUT2D eigenvalue weighted by Gasteiger charge is 2.02. The number of nitrogens with one attached hydrogen (secondary N) is 1. The molecule has 0 unspecified atom stereocenters.